The van der Waals surface area contributed by atoms with Crippen LogP contribution in [0.4, 0.5) is 13.2 Å². The molecule has 1 aromatic carbocycles. The van der Waals surface area contributed by atoms with Gasteiger partial charge < -0.3 is 10.4 Å². The van der Waals surface area contributed by atoms with E-state index >= 15 is 0 Å². The highest BCUT2D eigenvalue weighted by atomic mass is 19.4. The van der Waals surface area contributed by atoms with E-state index in [9.17, 15) is 32.7 Å². The Balaban J connectivity index is 2.16. The van der Waals surface area contributed by atoms with Gasteiger partial charge in [-0.1, -0.05) is 6.07 Å². The second kappa shape index (κ2) is 7.02. The van der Waals surface area contributed by atoms with E-state index < -0.39 is 35.6 Å². The van der Waals surface area contributed by atoms with Crippen LogP contribution in [0.25, 0.3) is 0 Å². The summed E-state index contributed by atoms with van der Waals surface area (Å²) in [5, 5.41) is 11.5. The van der Waals surface area contributed by atoms with Gasteiger partial charge in [-0.2, -0.15) is 13.2 Å². The van der Waals surface area contributed by atoms with E-state index in [-0.39, 0.29) is 17.8 Å². The number of carbonyl (C=O) groups excluding carboxylic acids is 2. The molecule has 130 valence electrons. The average molecular weight is 343 g/mol. The number of amides is 1. The zero-order valence-corrected chi connectivity index (χ0v) is 12.6. The Labute approximate surface area is 135 Å². The molecule has 8 heteroatoms. The van der Waals surface area contributed by atoms with Crippen LogP contribution in [0, 0.1) is 5.92 Å². The van der Waals surface area contributed by atoms with Gasteiger partial charge >= 0.3 is 12.1 Å². The molecule has 0 aliphatic heterocycles. The van der Waals surface area contributed by atoms with Crippen LogP contribution in [0.2, 0.25) is 0 Å². The number of hydrogen-bond donors (Lipinski definition) is 2. The van der Waals surface area contributed by atoms with Gasteiger partial charge in [-0.25, -0.2) is 4.79 Å². The van der Waals surface area contributed by atoms with Gasteiger partial charge in [0.15, 0.2) is 0 Å². The van der Waals surface area contributed by atoms with Crippen molar-refractivity contribution in [2.24, 2.45) is 5.92 Å². The third kappa shape index (κ3) is 4.33. The van der Waals surface area contributed by atoms with Crippen LogP contribution in [0.3, 0.4) is 0 Å². The number of halogens is 3. The average Bonchev–Trinajstić information content (AvgIpc) is 2.51. The molecule has 0 bridgehead atoms. The molecular weight excluding hydrogens is 327 g/mol. The van der Waals surface area contributed by atoms with Crippen molar-refractivity contribution in [3.05, 3.63) is 35.4 Å². The maximum absolute atomic E-state index is 12.7. The first-order chi connectivity index (χ1) is 11.2. The second-order valence-corrected chi connectivity index (χ2v) is 5.76. The predicted octanol–water partition coefficient (Wildman–Crippen LogP) is 2.65. The summed E-state index contributed by atoms with van der Waals surface area (Å²) in [4.78, 5) is 35.0. The van der Waals surface area contributed by atoms with E-state index in [1.165, 1.54) is 6.07 Å². The maximum atomic E-state index is 12.7. The molecule has 2 N–H and O–H groups in total. The van der Waals surface area contributed by atoms with Gasteiger partial charge in [0.25, 0.3) is 5.91 Å². The first-order valence-electron chi connectivity index (χ1n) is 7.41. The van der Waals surface area contributed by atoms with Crippen molar-refractivity contribution in [3.63, 3.8) is 0 Å². The van der Waals surface area contributed by atoms with Crippen LogP contribution in [0.15, 0.2) is 24.3 Å². The zero-order chi connectivity index (χ0) is 17.9. The van der Waals surface area contributed by atoms with Crippen LogP contribution in [-0.2, 0) is 15.8 Å². The number of carbonyl (C=O) groups is 3. The smallest absolute Gasteiger partial charge is 0.416 e. The lowest BCUT2D eigenvalue weighted by Gasteiger charge is -2.27. The molecule has 0 saturated heterocycles. The summed E-state index contributed by atoms with van der Waals surface area (Å²) in [6, 6.07) is 2.44. The predicted molar refractivity (Wildman–Crippen MR) is 77.3 cm³/mol. The molecule has 1 aromatic rings. The van der Waals surface area contributed by atoms with Crippen molar-refractivity contribution in [3.8, 4) is 0 Å². The summed E-state index contributed by atoms with van der Waals surface area (Å²) in [6.45, 7) is 0. The normalized spacial score (nSPS) is 19.6. The van der Waals surface area contributed by atoms with E-state index in [0.717, 1.165) is 12.1 Å². The van der Waals surface area contributed by atoms with Crippen molar-refractivity contribution in [2.45, 2.75) is 37.9 Å². The maximum Gasteiger partial charge on any atom is 0.416 e. The molecule has 1 aliphatic carbocycles. The number of Topliss-reactive ketones (excluding diaryl/α,β-unsaturated/α-hetero) is 1. The first-order valence-corrected chi connectivity index (χ1v) is 7.41. The highest BCUT2D eigenvalue weighted by molar-refractivity contribution is 5.97. The van der Waals surface area contributed by atoms with E-state index in [2.05, 4.69) is 5.32 Å². The first kappa shape index (κ1) is 18.0. The molecular formula is C16H16F3NO4. The lowest BCUT2D eigenvalue weighted by molar-refractivity contribution is -0.141. The highest BCUT2D eigenvalue weighted by Crippen LogP contribution is 2.30. The Morgan fingerprint density at radius 3 is 2.58 bits per heavy atom. The largest absolute Gasteiger partial charge is 0.480 e. The molecule has 1 saturated carbocycles. The SMILES string of the molecule is O=C1CCC[C@@H]([C@@H](NC(=O)c2cccc(C(F)(F)F)c2)C(=O)O)C1. The number of nitrogens with one attached hydrogen (secondary N) is 1. The standard InChI is InChI=1S/C16H16F3NO4/c17-16(18,19)11-5-1-4-10(7-11)14(22)20-13(15(23)24)9-3-2-6-12(21)8-9/h1,4-5,7,9,13H,2-3,6,8H2,(H,20,22)(H,23,24)/t9-,13-/m1/s1. The molecule has 0 unspecified atom stereocenters. The number of ketones is 1. The van der Waals surface area contributed by atoms with E-state index in [1.54, 1.807) is 0 Å². The summed E-state index contributed by atoms with van der Waals surface area (Å²) in [5.41, 5.74) is -1.27. The minimum atomic E-state index is -4.60. The van der Waals surface area contributed by atoms with Crippen molar-refractivity contribution in [2.75, 3.05) is 0 Å². The topological polar surface area (TPSA) is 83.5 Å². The molecule has 2 atom stereocenters. The van der Waals surface area contributed by atoms with E-state index in [0.29, 0.717) is 25.3 Å². The molecule has 0 spiro atoms. The van der Waals surface area contributed by atoms with Crippen LogP contribution < -0.4 is 5.32 Å². The fourth-order valence-corrected chi connectivity index (χ4v) is 2.79. The number of rotatable bonds is 4. The lowest BCUT2D eigenvalue weighted by atomic mass is 9.83. The fraction of sp³-hybridized carbons (Fsp3) is 0.438. The minimum Gasteiger partial charge on any atom is -0.480 e. The number of hydrogen-bond acceptors (Lipinski definition) is 3. The van der Waals surface area contributed by atoms with Gasteiger partial charge in [0.05, 0.1) is 5.56 Å². The highest BCUT2D eigenvalue weighted by Gasteiger charge is 2.34. The third-order valence-electron chi connectivity index (χ3n) is 4.00. The van der Waals surface area contributed by atoms with E-state index in [4.69, 9.17) is 0 Å². The minimum absolute atomic E-state index is 0.0415. The summed E-state index contributed by atoms with van der Waals surface area (Å²) in [7, 11) is 0. The Morgan fingerprint density at radius 2 is 2.00 bits per heavy atom. The molecule has 0 radical (unpaired) electrons. The van der Waals surface area contributed by atoms with Gasteiger partial charge in [-0.05, 0) is 37.0 Å². The summed E-state index contributed by atoms with van der Waals surface area (Å²) >= 11 is 0. The third-order valence-corrected chi connectivity index (χ3v) is 4.00. The monoisotopic (exact) mass is 343 g/mol. The lowest BCUT2D eigenvalue weighted by Crippen LogP contribution is -2.47. The molecule has 2 rings (SSSR count). The summed E-state index contributed by atoms with van der Waals surface area (Å²) < 4.78 is 38.1. The number of alkyl halides is 3. The number of aliphatic carboxylic acids is 1. The number of benzene rings is 1. The molecule has 0 heterocycles. The van der Waals surface area contributed by atoms with Crippen molar-refractivity contribution < 1.29 is 32.7 Å². The molecule has 0 aromatic heterocycles. The zero-order valence-electron chi connectivity index (χ0n) is 12.6. The molecule has 24 heavy (non-hydrogen) atoms. The molecule has 1 aliphatic rings. The van der Waals surface area contributed by atoms with Crippen LogP contribution in [0.1, 0.15) is 41.6 Å². The van der Waals surface area contributed by atoms with Crippen LogP contribution in [0.5, 0.6) is 0 Å². The quantitative estimate of drug-likeness (QED) is 0.880. The van der Waals surface area contributed by atoms with Crippen molar-refractivity contribution in [1.82, 2.24) is 5.32 Å². The van der Waals surface area contributed by atoms with Crippen molar-refractivity contribution in [1.29, 1.82) is 0 Å². The second-order valence-electron chi connectivity index (χ2n) is 5.76. The Bertz CT molecular complexity index is 657. The van der Waals surface area contributed by atoms with Gasteiger partial charge in [0, 0.05) is 18.4 Å². The fourth-order valence-electron chi connectivity index (χ4n) is 2.79. The Morgan fingerprint density at radius 1 is 1.29 bits per heavy atom. The number of carboxylic acid groups (broad SMARTS) is 1. The Hall–Kier alpha value is -2.38. The van der Waals surface area contributed by atoms with Gasteiger partial charge in [-0.15, -0.1) is 0 Å². The summed E-state index contributed by atoms with van der Waals surface area (Å²) in [6.07, 6.45) is -3.18. The van der Waals surface area contributed by atoms with Gasteiger partial charge in [-0.3, -0.25) is 9.59 Å². The summed E-state index contributed by atoms with van der Waals surface area (Å²) in [5.74, 6) is -2.86. The van der Waals surface area contributed by atoms with E-state index in [1.807, 2.05) is 0 Å². The molecule has 1 amide bonds. The van der Waals surface area contributed by atoms with Gasteiger partial charge in [0.1, 0.15) is 11.8 Å². The van der Waals surface area contributed by atoms with Crippen LogP contribution >= 0.6 is 0 Å². The van der Waals surface area contributed by atoms with Crippen LogP contribution in [-0.4, -0.2) is 28.8 Å². The molecule has 1 fully saturated rings. The van der Waals surface area contributed by atoms with Crippen molar-refractivity contribution >= 4 is 17.7 Å². The number of carboxylic acids is 1. The molecule has 5 nitrogen and oxygen atoms in total. The van der Waals surface area contributed by atoms with Gasteiger partial charge in [0.2, 0.25) is 0 Å². The Kier molecular flexibility index (Phi) is 5.26.